The van der Waals surface area contributed by atoms with Crippen LogP contribution in [0.25, 0.3) is 21.9 Å². The molecule has 1 saturated heterocycles. The average Bonchev–Trinajstić information content (AvgIpc) is 3.22. The lowest BCUT2D eigenvalue weighted by atomic mass is 9.89. The van der Waals surface area contributed by atoms with Gasteiger partial charge in [-0.25, -0.2) is 0 Å². The first-order valence-electron chi connectivity index (χ1n) is 10.2. The number of aromatic amines is 1. The van der Waals surface area contributed by atoms with E-state index < -0.39 is 0 Å². The molecule has 0 unspecified atom stereocenters. The fourth-order valence-corrected chi connectivity index (χ4v) is 4.15. The molecule has 146 valence electrons. The monoisotopic (exact) mass is 376 g/mol. The van der Waals surface area contributed by atoms with Crippen LogP contribution in [0, 0.1) is 11.8 Å². The second-order valence-electron chi connectivity index (χ2n) is 8.34. The summed E-state index contributed by atoms with van der Waals surface area (Å²) >= 11 is 0. The highest BCUT2D eigenvalue weighted by atomic mass is 16.1. The molecule has 0 atom stereocenters. The first kappa shape index (κ1) is 18.8. The fourth-order valence-electron chi connectivity index (χ4n) is 4.15. The van der Waals surface area contributed by atoms with E-state index in [1.807, 2.05) is 18.6 Å². The van der Waals surface area contributed by atoms with E-state index in [4.69, 9.17) is 0 Å². The number of fused-ring (bicyclic) bond motifs is 1. The van der Waals surface area contributed by atoms with Crippen LogP contribution in [0.3, 0.4) is 0 Å². The molecule has 5 heteroatoms. The Labute approximate surface area is 166 Å². The van der Waals surface area contributed by atoms with E-state index in [-0.39, 0.29) is 5.92 Å². The topological polar surface area (TPSA) is 61.9 Å². The highest BCUT2D eigenvalue weighted by Crippen LogP contribution is 2.25. The van der Waals surface area contributed by atoms with Crippen molar-refractivity contribution in [2.45, 2.75) is 33.1 Å². The van der Waals surface area contributed by atoms with Crippen LogP contribution in [0.1, 0.15) is 32.4 Å². The maximum absolute atomic E-state index is 12.8. The maximum Gasteiger partial charge on any atom is 0.142 e. The van der Waals surface area contributed by atoms with Gasteiger partial charge in [-0.2, -0.15) is 5.10 Å². The van der Waals surface area contributed by atoms with Crippen molar-refractivity contribution in [3.05, 3.63) is 48.5 Å². The number of nitrogens with one attached hydrogen (secondary N) is 1. The third kappa shape index (κ3) is 4.30. The lowest BCUT2D eigenvalue weighted by Gasteiger charge is -2.32. The van der Waals surface area contributed by atoms with Gasteiger partial charge in [-0.3, -0.25) is 14.9 Å². The minimum Gasteiger partial charge on any atom is -0.303 e. The van der Waals surface area contributed by atoms with Crippen LogP contribution in [0.5, 0.6) is 0 Å². The van der Waals surface area contributed by atoms with Gasteiger partial charge < -0.3 is 4.90 Å². The summed E-state index contributed by atoms with van der Waals surface area (Å²) in [4.78, 5) is 19.8. The van der Waals surface area contributed by atoms with Crippen LogP contribution in [0.4, 0.5) is 0 Å². The molecule has 5 nitrogen and oxygen atoms in total. The van der Waals surface area contributed by atoms with E-state index in [2.05, 4.69) is 58.2 Å². The molecule has 0 aliphatic carbocycles. The molecule has 28 heavy (non-hydrogen) atoms. The van der Waals surface area contributed by atoms with E-state index in [0.717, 1.165) is 60.1 Å². The van der Waals surface area contributed by atoms with Gasteiger partial charge in [-0.15, -0.1) is 0 Å². The van der Waals surface area contributed by atoms with Crippen LogP contribution in [-0.4, -0.2) is 45.5 Å². The normalized spacial score (nSPS) is 16.1. The highest BCUT2D eigenvalue weighted by Gasteiger charge is 2.25. The van der Waals surface area contributed by atoms with Crippen molar-refractivity contribution in [3.8, 4) is 11.1 Å². The predicted molar refractivity (Wildman–Crippen MR) is 112 cm³/mol. The van der Waals surface area contributed by atoms with Crippen molar-refractivity contribution in [2.75, 3.05) is 19.6 Å². The van der Waals surface area contributed by atoms with Gasteiger partial charge >= 0.3 is 0 Å². The van der Waals surface area contributed by atoms with Gasteiger partial charge in [0.1, 0.15) is 5.78 Å². The SMILES string of the molecule is CC(C)CN1CCC(C(=O)Cc2cc3cc(-c4cn[nH]c4)ccc3cn2)CC1. The number of carbonyl (C=O) groups excluding carboxylic acids is 1. The molecule has 0 spiro atoms. The van der Waals surface area contributed by atoms with Gasteiger partial charge in [0.05, 0.1) is 6.20 Å². The van der Waals surface area contributed by atoms with Gasteiger partial charge in [0.25, 0.3) is 0 Å². The molecule has 0 saturated carbocycles. The maximum atomic E-state index is 12.8. The largest absolute Gasteiger partial charge is 0.303 e. The zero-order chi connectivity index (χ0) is 19.5. The summed E-state index contributed by atoms with van der Waals surface area (Å²) in [7, 11) is 0. The average molecular weight is 377 g/mol. The summed E-state index contributed by atoms with van der Waals surface area (Å²) in [5.41, 5.74) is 3.04. The summed E-state index contributed by atoms with van der Waals surface area (Å²) in [5, 5.41) is 9.08. The van der Waals surface area contributed by atoms with Crippen molar-refractivity contribution >= 4 is 16.6 Å². The molecule has 1 aliphatic heterocycles. The summed E-state index contributed by atoms with van der Waals surface area (Å²) in [6.45, 7) is 7.70. The Bertz CT molecular complexity index is 940. The molecule has 4 rings (SSSR count). The smallest absolute Gasteiger partial charge is 0.142 e. The molecule has 2 aromatic heterocycles. The minimum atomic E-state index is 0.179. The zero-order valence-electron chi connectivity index (χ0n) is 16.7. The van der Waals surface area contributed by atoms with Crippen LogP contribution in [0.15, 0.2) is 42.9 Å². The first-order valence-corrected chi connectivity index (χ1v) is 10.2. The standard InChI is InChI=1S/C23H28N4O/c1-16(2)15-27-7-5-17(6-8-27)23(28)11-22-10-20-9-18(21-13-25-26-14-21)3-4-19(20)12-24-22/h3-4,9-10,12-14,16-17H,5-8,11,15H2,1-2H3,(H,25,26). The van der Waals surface area contributed by atoms with Crippen molar-refractivity contribution in [3.63, 3.8) is 0 Å². The Morgan fingerprint density at radius 2 is 1.96 bits per heavy atom. The predicted octanol–water partition coefficient (Wildman–Crippen LogP) is 4.10. The molecule has 1 aromatic carbocycles. The van der Waals surface area contributed by atoms with Crippen LogP contribution < -0.4 is 0 Å². The number of carbonyl (C=O) groups is 1. The van der Waals surface area contributed by atoms with Gasteiger partial charge in [0, 0.05) is 47.9 Å². The number of ketones is 1. The molecular formula is C23H28N4O. The molecule has 3 heterocycles. The number of likely N-dealkylation sites (tertiary alicyclic amines) is 1. The van der Waals surface area contributed by atoms with Crippen molar-refractivity contribution in [2.24, 2.45) is 11.8 Å². The molecule has 3 aromatic rings. The van der Waals surface area contributed by atoms with Crippen LogP contribution in [0.2, 0.25) is 0 Å². The molecule has 1 aliphatic rings. The number of nitrogens with zero attached hydrogens (tertiary/aromatic N) is 3. The van der Waals surface area contributed by atoms with E-state index >= 15 is 0 Å². The first-order chi connectivity index (χ1) is 13.6. The van der Waals surface area contributed by atoms with Gasteiger partial charge in [0.2, 0.25) is 0 Å². The lowest BCUT2D eigenvalue weighted by molar-refractivity contribution is -0.123. The Hall–Kier alpha value is -2.53. The Morgan fingerprint density at radius 3 is 2.68 bits per heavy atom. The molecule has 1 N–H and O–H groups in total. The summed E-state index contributed by atoms with van der Waals surface area (Å²) in [5.74, 6) is 1.20. The fraction of sp³-hybridized carbons (Fsp3) is 0.435. The minimum absolute atomic E-state index is 0.179. The molecule has 0 amide bonds. The Kier molecular flexibility index (Phi) is 5.53. The Morgan fingerprint density at radius 1 is 1.14 bits per heavy atom. The number of benzene rings is 1. The van der Waals surface area contributed by atoms with Crippen molar-refractivity contribution in [1.29, 1.82) is 0 Å². The number of pyridine rings is 1. The molecule has 0 radical (unpaired) electrons. The van der Waals surface area contributed by atoms with E-state index in [1.165, 1.54) is 0 Å². The number of aromatic nitrogens is 3. The third-order valence-corrected chi connectivity index (χ3v) is 5.63. The summed E-state index contributed by atoms with van der Waals surface area (Å²) in [6.07, 6.45) is 7.97. The van der Waals surface area contributed by atoms with Gasteiger partial charge in [0.15, 0.2) is 0 Å². The molecule has 0 bridgehead atoms. The van der Waals surface area contributed by atoms with Crippen molar-refractivity contribution < 1.29 is 4.79 Å². The summed E-state index contributed by atoms with van der Waals surface area (Å²) in [6, 6.07) is 8.34. The third-order valence-electron chi connectivity index (χ3n) is 5.63. The number of hydrogen-bond acceptors (Lipinski definition) is 4. The quantitative estimate of drug-likeness (QED) is 0.703. The highest BCUT2D eigenvalue weighted by molar-refractivity contribution is 5.88. The molecule has 1 fully saturated rings. The van der Waals surface area contributed by atoms with Crippen LogP contribution in [-0.2, 0) is 11.2 Å². The van der Waals surface area contributed by atoms with Gasteiger partial charge in [-0.05, 0) is 54.9 Å². The number of rotatable bonds is 6. The molecular weight excluding hydrogens is 348 g/mol. The number of hydrogen-bond donors (Lipinski definition) is 1. The van der Waals surface area contributed by atoms with E-state index in [1.54, 1.807) is 0 Å². The lowest BCUT2D eigenvalue weighted by Crippen LogP contribution is -2.38. The Balaban J connectivity index is 1.43. The number of piperidine rings is 1. The van der Waals surface area contributed by atoms with Crippen molar-refractivity contribution in [1.82, 2.24) is 20.1 Å². The summed E-state index contributed by atoms with van der Waals surface area (Å²) < 4.78 is 0. The van der Waals surface area contributed by atoms with E-state index in [0.29, 0.717) is 18.1 Å². The number of H-pyrrole nitrogens is 1. The number of Topliss-reactive ketones (excluding diaryl/α,β-unsaturated/α-hetero) is 1. The van der Waals surface area contributed by atoms with Crippen LogP contribution >= 0.6 is 0 Å². The zero-order valence-corrected chi connectivity index (χ0v) is 16.7. The second kappa shape index (κ2) is 8.23. The van der Waals surface area contributed by atoms with E-state index in [9.17, 15) is 4.79 Å². The second-order valence-corrected chi connectivity index (χ2v) is 8.34. The van der Waals surface area contributed by atoms with Gasteiger partial charge in [-0.1, -0.05) is 26.0 Å².